The highest BCUT2D eigenvalue weighted by Gasteiger charge is 2.27. The van der Waals surface area contributed by atoms with Crippen LogP contribution in [-0.2, 0) is 11.3 Å². The molecule has 3 rings (SSSR count). The normalized spacial score (nSPS) is 13.7. The summed E-state index contributed by atoms with van der Waals surface area (Å²) in [5.74, 6) is 1.13. The summed E-state index contributed by atoms with van der Waals surface area (Å²) in [7, 11) is 3.11. The number of hydrogen-bond donors (Lipinski definition) is 2. The Morgan fingerprint density at radius 1 is 1.09 bits per heavy atom. The van der Waals surface area contributed by atoms with Crippen LogP contribution in [-0.4, -0.2) is 44.0 Å². The van der Waals surface area contributed by atoms with Gasteiger partial charge in [-0.2, -0.15) is 0 Å². The predicted molar refractivity (Wildman–Crippen MR) is 130 cm³/mol. The Bertz CT molecular complexity index is 985. The second-order valence-corrected chi connectivity index (χ2v) is 9.42. The molecule has 0 aromatic heterocycles. The minimum Gasteiger partial charge on any atom is -0.493 e. The molecule has 7 nitrogen and oxygen atoms in total. The zero-order valence-corrected chi connectivity index (χ0v) is 20.0. The van der Waals surface area contributed by atoms with Gasteiger partial charge in [-0.3, -0.25) is 9.59 Å². The fourth-order valence-corrected chi connectivity index (χ4v) is 3.82. The van der Waals surface area contributed by atoms with Crippen LogP contribution in [0.2, 0.25) is 0 Å². The largest absolute Gasteiger partial charge is 0.493 e. The second-order valence-electron chi connectivity index (χ2n) is 9.42. The van der Waals surface area contributed by atoms with Gasteiger partial charge in [0, 0.05) is 30.3 Å². The van der Waals surface area contributed by atoms with Crippen LogP contribution in [0.15, 0.2) is 42.5 Å². The minimum atomic E-state index is -0.262. The highest BCUT2D eigenvalue weighted by Crippen LogP contribution is 2.30. The van der Waals surface area contributed by atoms with Gasteiger partial charge in [-0.15, -0.1) is 0 Å². The lowest BCUT2D eigenvalue weighted by molar-refractivity contribution is -0.122. The third-order valence-corrected chi connectivity index (χ3v) is 6.13. The number of rotatable bonds is 10. The van der Waals surface area contributed by atoms with E-state index in [-0.39, 0.29) is 23.1 Å². The van der Waals surface area contributed by atoms with Gasteiger partial charge < -0.3 is 25.4 Å². The number of anilines is 1. The molecular formula is C26H35N3O4. The molecule has 0 aliphatic heterocycles. The number of methoxy groups -OCH3 is 2. The van der Waals surface area contributed by atoms with Crippen LogP contribution in [0.5, 0.6) is 11.5 Å². The molecule has 7 heteroatoms. The maximum atomic E-state index is 13.5. The smallest absolute Gasteiger partial charge is 0.254 e. The third kappa shape index (κ3) is 6.26. The monoisotopic (exact) mass is 453 g/mol. The average molecular weight is 454 g/mol. The van der Waals surface area contributed by atoms with Crippen LogP contribution in [0.1, 0.15) is 49.0 Å². The van der Waals surface area contributed by atoms with Gasteiger partial charge >= 0.3 is 0 Å². The SMILES string of the molecule is COc1ccc(C(=O)N(Cc2cccc(NC(=O)C3CCC3)c2)CC(C)(C)CN)cc1OC. The average Bonchev–Trinajstić information content (AvgIpc) is 2.76. The quantitative estimate of drug-likeness (QED) is 0.566. The van der Waals surface area contributed by atoms with E-state index < -0.39 is 0 Å². The molecule has 33 heavy (non-hydrogen) atoms. The topological polar surface area (TPSA) is 93.9 Å². The molecule has 3 N–H and O–H groups in total. The lowest BCUT2D eigenvalue weighted by atomic mass is 9.85. The summed E-state index contributed by atoms with van der Waals surface area (Å²) in [4.78, 5) is 27.7. The van der Waals surface area contributed by atoms with Gasteiger partial charge in [0.15, 0.2) is 11.5 Å². The molecule has 0 radical (unpaired) electrons. The number of benzene rings is 2. The van der Waals surface area contributed by atoms with Gasteiger partial charge in [0.2, 0.25) is 5.91 Å². The number of nitrogens with one attached hydrogen (secondary N) is 1. The number of amides is 2. The fourth-order valence-electron chi connectivity index (χ4n) is 3.82. The molecular weight excluding hydrogens is 418 g/mol. The zero-order valence-electron chi connectivity index (χ0n) is 20.0. The van der Waals surface area contributed by atoms with Crippen molar-refractivity contribution in [1.82, 2.24) is 4.90 Å². The number of ether oxygens (including phenoxy) is 2. The van der Waals surface area contributed by atoms with Crippen molar-refractivity contribution in [3.8, 4) is 11.5 Å². The van der Waals surface area contributed by atoms with Crippen molar-refractivity contribution in [3.05, 3.63) is 53.6 Å². The summed E-state index contributed by atoms with van der Waals surface area (Å²) < 4.78 is 10.7. The molecule has 0 atom stereocenters. The van der Waals surface area contributed by atoms with Gasteiger partial charge in [-0.25, -0.2) is 0 Å². The summed E-state index contributed by atoms with van der Waals surface area (Å²) in [6, 6.07) is 12.8. The Morgan fingerprint density at radius 2 is 1.82 bits per heavy atom. The molecule has 0 unspecified atom stereocenters. The second kappa shape index (κ2) is 10.7. The van der Waals surface area contributed by atoms with Crippen molar-refractivity contribution < 1.29 is 19.1 Å². The number of hydrogen-bond acceptors (Lipinski definition) is 5. The van der Waals surface area contributed by atoms with E-state index in [1.54, 1.807) is 37.3 Å². The molecule has 1 aliphatic rings. The van der Waals surface area contributed by atoms with Gasteiger partial charge in [0.05, 0.1) is 14.2 Å². The highest BCUT2D eigenvalue weighted by atomic mass is 16.5. The molecule has 2 amide bonds. The number of nitrogens with two attached hydrogens (primary N) is 1. The minimum absolute atomic E-state index is 0.0703. The lowest BCUT2D eigenvalue weighted by Crippen LogP contribution is -2.41. The Kier molecular flexibility index (Phi) is 7.97. The van der Waals surface area contributed by atoms with E-state index in [1.165, 1.54) is 0 Å². The van der Waals surface area contributed by atoms with Crippen molar-refractivity contribution in [3.63, 3.8) is 0 Å². The van der Waals surface area contributed by atoms with Gasteiger partial charge in [0.1, 0.15) is 0 Å². The van der Waals surface area contributed by atoms with Crippen LogP contribution < -0.4 is 20.5 Å². The molecule has 1 fully saturated rings. The molecule has 0 heterocycles. The van der Waals surface area contributed by atoms with Crippen LogP contribution in [0.4, 0.5) is 5.69 Å². The number of carbonyl (C=O) groups is 2. The zero-order chi connectivity index (χ0) is 24.0. The first kappa shape index (κ1) is 24.6. The molecule has 0 bridgehead atoms. The Labute approximate surface area is 196 Å². The first-order valence-electron chi connectivity index (χ1n) is 11.4. The van der Waals surface area contributed by atoms with Crippen LogP contribution in [0.3, 0.4) is 0 Å². The van der Waals surface area contributed by atoms with Gasteiger partial charge in [0.25, 0.3) is 5.91 Å². The Hall–Kier alpha value is -3.06. The standard InChI is InChI=1S/C26H35N3O4/c1-26(2,16-27)17-29(25(31)20-11-12-22(32-3)23(14-20)33-4)15-18-7-5-10-21(13-18)28-24(30)19-8-6-9-19/h5,7,10-14,19H,6,8-9,15-17,27H2,1-4H3,(H,28,30). The van der Waals surface area contributed by atoms with Crippen LogP contribution >= 0.6 is 0 Å². The Balaban J connectivity index is 1.83. The van der Waals surface area contributed by atoms with E-state index in [1.807, 2.05) is 38.1 Å². The van der Waals surface area contributed by atoms with Crippen molar-refractivity contribution in [2.24, 2.45) is 17.1 Å². The molecule has 178 valence electrons. The summed E-state index contributed by atoms with van der Waals surface area (Å²) in [5.41, 5.74) is 7.91. The molecule has 2 aromatic rings. The number of nitrogens with zero attached hydrogens (tertiary/aromatic N) is 1. The van der Waals surface area contributed by atoms with E-state index in [0.717, 1.165) is 30.5 Å². The van der Waals surface area contributed by atoms with Crippen molar-refractivity contribution in [1.29, 1.82) is 0 Å². The van der Waals surface area contributed by atoms with E-state index >= 15 is 0 Å². The van der Waals surface area contributed by atoms with E-state index in [0.29, 0.717) is 36.7 Å². The summed E-state index contributed by atoms with van der Waals surface area (Å²) in [6.45, 7) is 5.40. The molecule has 2 aromatic carbocycles. The van der Waals surface area contributed by atoms with Crippen molar-refractivity contribution in [2.75, 3.05) is 32.6 Å². The van der Waals surface area contributed by atoms with E-state index in [9.17, 15) is 9.59 Å². The van der Waals surface area contributed by atoms with Gasteiger partial charge in [-0.1, -0.05) is 32.4 Å². The fraction of sp³-hybridized carbons (Fsp3) is 0.462. The summed E-state index contributed by atoms with van der Waals surface area (Å²) >= 11 is 0. The molecule has 1 aliphatic carbocycles. The predicted octanol–water partition coefficient (Wildman–Crippen LogP) is 4.07. The van der Waals surface area contributed by atoms with Crippen molar-refractivity contribution in [2.45, 2.75) is 39.7 Å². The van der Waals surface area contributed by atoms with Gasteiger partial charge in [-0.05, 0) is 60.7 Å². The molecule has 0 saturated heterocycles. The third-order valence-electron chi connectivity index (χ3n) is 6.13. The Morgan fingerprint density at radius 3 is 2.42 bits per heavy atom. The molecule has 1 saturated carbocycles. The summed E-state index contributed by atoms with van der Waals surface area (Å²) in [6.07, 6.45) is 3.02. The van der Waals surface area contributed by atoms with Crippen LogP contribution in [0, 0.1) is 11.3 Å². The summed E-state index contributed by atoms with van der Waals surface area (Å²) in [5, 5.41) is 3.01. The van der Waals surface area contributed by atoms with Crippen LogP contribution in [0.25, 0.3) is 0 Å². The molecule has 0 spiro atoms. The maximum Gasteiger partial charge on any atom is 0.254 e. The number of carbonyl (C=O) groups excluding carboxylic acids is 2. The van der Waals surface area contributed by atoms with E-state index in [2.05, 4.69) is 5.32 Å². The maximum absolute atomic E-state index is 13.5. The van der Waals surface area contributed by atoms with Crippen molar-refractivity contribution >= 4 is 17.5 Å². The van der Waals surface area contributed by atoms with E-state index in [4.69, 9.17) is 15.2 Å². The first-order valence-corrected chi connectivity index (χ1v) is 11.4. The first-order chi connectivity index (χ1) is 15.8. The lowest BCUT2D eigenvalue weighted by Gasteiger charge is -2.32. The highest BCUT2D eigenvalue weighted by molar-refractivity contribution is 5.95.